The molecular weight excluding hydrogens is 309 g/mol. The highest BCUT2D eigenvalue weighted by molar-refractivity contribution is 5.77. The molecule has 0 bridgehead atoms. The Bertz CT molecular complexity index is 585. The molecule has 0 saturated heterocycles. The summed E-state index contributed by atoms with van der Waals surface area (Å²) in [5.41, 5.74) is 0.278. The van der Waals surface area contributed by atoms with Crippen molar-refractivity contribution >= 4 is 6.21 Å². The molecule has 1 unspecified atom stereocenters. The second-order valence-corrected chi connectivity index (χ2v) is 4.37. The van der Waals surface area contributed by atoms with Crippen molar-refractivity contribution < 1.29 is 26.7 Å². The van der Waals surface area contributed by atoms with Gasteiger partial charge in [0.1, 0.15) is 18.2 Å². The van der Waals surface area contributed by atoms with Crippen molar-refractivity contribution in [2.45, 2.75) is 19.1 Å². The van der Waals surface area contributed by atoms with E-state index < -0.39 is 30.8 Å². The number of alkyl halides is 3. The average molecular weight is 321 g/mol. The van der Waals surface area contributed by atoms with E-state index in [1.54, 1.807) is 6.07 Å². The molecule has 2 rings (SSSR count). The predicted molar refractivity (Wildman–Crippen MR) is 68.8 cm³/mol. The van der Waals surface area contributed by atoms with Gasteiger partial charge in [-0.25, -0.2) is 13.8 Å². The van der Waals surface area contributed by atoms with Gasteiger partial charge in [-0.1, -0.05) is 18.2 Å². The van der Waals surface area contributed by atoms with E-state index in [4.69, 9.17) is 0 Å². The van der Waals surface area contributed by atoms with Crippen LogP contribution in [0.15, 0.2) is 40.9 Å². The van der Waals surface area contributed by atoms with Crippen LogP contribution in [0.1, 0.15) is 5.56 Å². The number of benzene rings is 1. The van der Waals surface area contributed by atoms with Crippen molar-refractivity contribution in [2.75, 3.05) is 6.61 Å². The number of allylic oxidation sites excluding steroid dienone is 1. The van der Waals surface area contributed by atoms with Gasteiger partial charge in [0.15, 0.2) is 5.83 Å². The quantitative estimate of drug-likeness (QED) is 0.820. The van der Waals surface area contributed by atoms with Crippen LogP contribution in [0.25, 0.3) is 0 Å². The highest BCUT2D eigenvalue weighted by Gasteiger charge is 2.30. The fourth-order valence-electron chi connectivity index (χ4n) is 1.65. The summed E-state index contributed by atoms with van der Waals surface area (Å²) < 4.78 is 67.6. The maximum absolute atomic E-state index is 13.5. The Balaban J connectivity index is 1.93. The molecule has 0 fully saturated rings. The molecule has 1 atom stereocenters. The van der Waals surface area contributed by atoms with Gasteiger partial charge < -0.3 is 15.4 Å². The molecule has 0 radical (unpaired) electrons. The highest BCUT2D eigenvalue weighted by Crippen LogP contribution is 2.17. The standard InChI is InChI=1S/C13H12F5N3O/c14-9-4-2-1-3-8(9)5-19-11-10(15)6-20-12(21-11)22-7-13(16,17)18/h1-4,6,12,19,21H,5,7H2. The van der Waals surface area contributed by atoms with E-state index in [-0.39, 0.29) is 17.9 Å². The van der Waals surface area contributed by atoms with Crippen LogP contribution in [-0.4, -0.2) is 25.3 Å². The van der Waals surface area contributed by atoms with Crippen molar-refractivity contribution in [3.05, 3.63) is 47.3 Å². The Hall–Kier alpha value is -2.16. The van der Waals surface area contributed by atoms with Crippen LogP contribution in [0.5, 0.6) is 0 Å². The van der Waals surface area contributed by atoms with Gasteiger partial charge in [0.25, 0.3) is 0 Å². The molecule has 4 nitrogen and oxygen atoms in total. The SMILES string of the molecule is FC1=C(NCc2ccccc2F)NC(OCC(F)(F)F)N=C1. The van der Waals surface area contributed by atoms with E-state index in [2.05, 4.69) is 20.4 Å². The molecule has 1 aliphatic heterocycles. The number of aliphatic imine (C=N–C) groups is 1. The zero-order chi connectivity index (χ0) is 16.2. The molecule has 0 aliphatic carbocycles. The third kappa shape index (κ3) is 4.69. The summed E-state index contributed by atoms with van der Waals surface area (Å²) in [5, 5.41) is 4.87. The lowest BCUT2D eigenvalue weighted by Crippen LogP contribution is -2.40. The Kier molecular flexibility index (Phi) is 4.96. The van der Waals surface area contributed by atoms with Gasteiger partial charge in [-0.15, -0.1) is 0 Å². The summed E-state index contributed by atoms with van der Waals surface area (Å²) in [6, 6.07) is 5.85. The minimum atomic E-state index is -4.52. The summed E-state index contributed by atoms with van der Waals surface area (Å²) in [6.45, 7) is -1.58. The molecule has 0 amide bonds. The van der Waals surface area contributed by atoms with Crippen LogP contribution in [-0.2, 0) is 11.3 Å². The first-order valence-electron chi connectivity index (χ1n) is 6.20. The number of nitrogens with one attached hydrogen (secondary N) is 2. The van der Waals surface area contributed by atoms with Crippen LogP contribution in [0, 0.1) is 5.82 Å². The van der Waals surface area contributed by atoms with Crippen molar-refractivity contribution in [1.29, 1.82) is 0 Å². The Labute approximate surface area is 122 Å². The van der Waals surface area contributed by atoms with Crippen LogP contribution in [0.2, 0.25) is 0 Å². The third-order valence-corrected chi connectivity index (χ3v) is 2.65. The van der Waals surface area contributed by atoms with Gasteiger partial charge in [0, 0.05) is 12.1 Å². The smallest absolute Gasteiger partial charge is 0.365 e. The molecule has 0 aromatic heterocycles. The monoisotopic (exact) mass is 321 g/mol. The molecule has 1 aromatic rings. The summed E-state index contributed by atoms with van der Waals surface area (Å²) >= 11 is 0. The van der Waals surface area contributed by atoms with Crippen molar-refractivity contribution in [2.24, 2.45) is 4.99 Å². The molecule has 1 aromatic carbocycles. The normalized spacial score (nSPS) is 18.3. The number of nitrogens with zero attached hydrogens (tertiary/aromatic N) is 1. The van der Waals surface area contributed by atoms with Gasteiger partial charge in [-0.05, 0) is 6.07 Å². The maximum atomic E-state index is 13.5. The van der Waals surface area contributed by atoms with Gasteiger partial charge in [-0.2, -0.15) is 13.2 Å². The van der Waals surface area contributed by atoms with E-state index in [1.165, 1.54) is 18.2 Å². The molecule has 9 heteroatoms. The number of hydrogen-bond donors (Lipinski definition) is 2. The largest absolute Gasteiger partial charge is 0.411 e. The van der Waals surface area contributed by atoms with Gasteiger partial charge in [-0.3, -0.25) is 0 Å². The predicted octanol–water partition coefficient (Wildman–Crippen LogP) is 2.59. The maximum Gasteiger partial charge on any atom is 0.411 e. The molecule has 1 heterocycles. The van der Waals surface area contributed by atoms with E-state index in [0.29, 0.717) is 0 Å². The Morgan fingerprint density at radius 1 is 1.23 bits per heavy atom. The van der Waals surface area contributed by atoms with Crippen LogP contribution in [0.3, 0.4) is 0 Å². The first-order chi connectivity index (χ1) is 10.3. The molecule has 1 aliphatic rings. The number of halogens is 5. The second kappa shape index (κ2) is 6.73. The minimum Gasteiger partial charge on any atom is -0.365 e. The van der Waals surface area contributed by atoms with E-state index in [1.807, 2.05) is 0 Å². The molecule has 120 valence electrons. The van der Waals surface area contributed by atoms with Crippen LogP contribution >= 0.6 is 0 Å². The van der Waals surface area contributed by atoms with Crippen LogP contribution in [0.4, 0.5) is 22.0 Å². The second-order valence-electron chi connectivity index (χ2n) is 4.37. The third-order valence-electron chi connectivity index (χ3n) is 2.65. The average Bonchev–Trinajstić information content (AvgIpc) is 2.45. The summed E-state index contributed by atoms with van der Waals surface area (Å²) in [4.78, 5) is 3.43. The van der Waals surface area contributed by atoms with Crippen molar-refractivity contribution in [3.8, 4) is 0 Å². The van der Waals surface area contributed by atoms with Crippen LogP contribution < -0.4 is 10.6 Å². The number of rotatable bonds is 5. The molecular formula is C13H12F5N3O. The molecule has 0 saturated carbocycles. The highest BCUT2D eigenvalue weighted by atomic mass is 19.4. The number of hydrogen-bond acceptors (Lipinski definition) is 4. The molecule has 22 heavy (non-hydrogen) atoms. The zero-order valence-electron chi connectivity index (χ0n) is 11.1. The summed E-state index contributed by atoms with van der Waals surface area (Å²) in [5.74, 6) is -1.51. The summed E-state index contributed by atoms with van der Waals surface area (Å²) in [6.07, 6.45) is -5.15. The van der Waals surface area contributed by atoms with E-state index in [9.17, 15) is 22.0 Å². The Morgan fingerprint density at radius 3 is 2.64 bits per heavy atom. The number of ether oxygens (including phenoxy) is 1. The van der Waals surface area contributed by atoms with E-state index in [0.717, 1.165) is 6.21 Å². The fraction of sp³-hybridized carbons (Fsp3) is 0.308. The van der Waals surface area contributed by atoms with E-state index >= 15 is 0 Å². The topological polar surface area (TPSA) is 45.6 Å². The first-order valence-corrected chi connectivity index (χ1v) is 6.20. The Morgan fingerprint density at radius 2 is 1.95 bits per heavy atom. The molecule has 0 spiro atoms. The minimum absolute atomic E-state index is 0.0533. The fourth-order valence-corrected chi connectivity index (χ4v) is 1.65. The van der Waals surface area contributed by atoms with Crippen molar-refractivity contribution in [1.82, 2.24) is 10.6 Å². The lowest BCUT2D eigenvalue weighted by Gasteiger charge is -2.23. The first kappa shape index (κ1) is 16.2. The van der Waals surface area contributed by atoms with Gasteiger partial charge in [0.05, 0.1) is 6.21 Å². The summed E-state index contributed by atoms with van der Waals surface area (Å²) in [7, 11) is 0. The van der Waals surface area contributed by atoms with Gasteiger partial charge >= 0.3 is 6.18 Å². The van der Waals surface area contributed by atoms with Crippen molar-refractivity contribution in [3.63, 3.8) is 0 Å². The zero-order valence-corrected chi connectivity index (χ0v) is 11.1. The lowest BCUT2D eigenvalue weighted by atomic mass is 10.2. The lowest BCUT2D eigenvalue weighted by molar-refractivity contribution is -0.187. The molecule has 2 N–H and O–H groups in total. The van der Waals surface area contributed by atoms with Gasteiger partial charge in [0.2, 0.25) is 6.35 Å².